The highest BCUT2D eigenvalue weighted by molar-refractivity contribution is 5.99. The minimum absolute atomic E-state index is 0.0184. The van der Waals surface area contributed by atoms with Gasteiger partial charge in [-0.2, -0.15) is 0 Å². The Hall–Kier alpha value is -2.63. The third-order valence-corrected chi connectivity index (χ3v) is 5.98. The summed E-state index contributed by atoms with van der Waals surface area (Å²) in [6, 6.07) is 7.52. The Kier molecular flexibility index (Phi) is 3.86. The first-order valence-electron chi connectivity index (χ1n) is 8.91. The summed E-state index contributed by atoms with van der Waals surface area (Å²) < 4.78 is 5.23. The maximum atomic E-state index is 13.0. The number of methoxy groups -OCH3 is 1. The Labute approximate surface area is 151 Å². The number of aryl methyl sites for hydroxylation is 1. The lowest BCUT2D eigenvalue weighted by Gasteiger charge is -2.33. The second-order valence-corrected chi connectivity index (χ2v) is 7.43. The summed E-state index contributed by atoms with van der Waals surface area (Å²) in [6.45, 7) is 3.07. The van der Waals surface area contributed by atoms with Crippen LogP contribution in [0.5, 0.6) is 5.75 Å². The van der Waals surface area contributed by atoms with Crippen molar-refractivity contribution < 1.29 is 19.4 Å². The number of fused-ring (bicyclic) bond motifs is 1. The quantitative estimate of drug-likeness (QED) is 0.917. The molecule has 1 spiro atoms. The van der Waals surface area contributed by atoms with Crippen LogP contribution in [0.15, 0.2) is 24.3 Å². The van der Waals surface area contributed by atoms with Gasteiger partial charge in [-0.05, 0) is 49.8 Å². The number of likely N-dealkylation sites (tertiary alicyclic amines) is 1. The average molecular weight is 354 g/mol. The SMILES string of the molecule is COc1ccc2cc(C(=O)N3CCC4(CC3)CC4C(=O)O)c(C)nc2c1. The van der Waals surface area contributed by atoms with Crippen molar-refractivity contribution in [3.8, 4) is 5.75 Å². The molecule has 2 fully saturated rings. The Morgan fingerprint density at radius 1 is 1.27 bits per heavy atom. The molecule has 2 heterocycles. The highest BCUT2D eigenvalue weighted by Gasteiger charge is 2.59. The number of pyridine rings is 1. The molecule has 1 aromatic heterocycles. The van der Waals surface area contributed by atoms with E-state index in [9.17, 15) is 14.7 Å². The maximum absolute atomic E-state index is 13.0. The monoisotopic (exact) mass is 354 g/mol. The molecule has 1 saturated heterocycles. The van der Waals surface area contributed by atoms with Gasteiger partial charge in [-0.3, -0.25) is 14.6 Å². The van der Waals surface area contributed by atoms with E-state index in [2.05, 4.69) is 4.98 Å². The second-order valence-electron chi connectivity index (χ2n) is 7.43. The molecule has 1 atom stereocenters. The van der Waals surface area contributed by atoms with Crippen molar-refractivity contribution in [1.82, 2.24) is 9.88 Å². The van der Waals surface area contributed by atoms with E-state index in [-0.39, 0.29) is 17.2 Å². The van der Waals surface area contributed by atoms with Crippen molar-refractivity contribution in [2.45, 2.75) is 26.2 Å². The summed E-state index contributed by atoms with van der Waals surface area (Å²) >= 11 is 0. The summed E-state index contributed by atoms with van der Waals surface area (Å²) in [5.41, 5.74) is 2.05. The van der Waals surface area contributed by atoms with E-state index in [0.29, 0.717) is 24.3 Å². The lowest BCUT2D eigenvalue weighted by Crippen LogP contribution is -2.40. The molecule has 1 unspecified atom stereocenters. The smallest absolute Gasteiger partial charge is 0.307 e. The third kappa shape index (κ3) is 2.69. The highest BCUT2D eigenvalue weighted by atomic mass is 16.5. The van der Waals surface area contributed by atoms with E-state index in [0.717, 1.165) is 35.9 Å². The van der Waals surface area contributed by atoms with Gasteiger partial charge in [-0.25, -0.2) is 0 Å². The van der Waals surface area contributed by atoms with Gasteiger partial charge in [0.05, 0.1) is 29.8 Å². The molecule has 1 N–H and O–H groups in total. The molecule has 1 aromatic carbocycles. The molecule has 0 radical (unpaired) electrons. The number of carbonyl (C=O) groups excluding carboxylic acids is 1. The number of carboxylic acids is 1. The van der Waals surface area contributed by atoms with Gasteiger partial charge in [-0.15, -0.1) is 0 Å². The number of nitrogens with zero attached hydrogens (tertiary/aromatic N) is 2. The van der Waals surface area contributed by atoms with Crippen molar-refractivity contribution in [2.24, 2.45) is 11.3 Å². The number of rotatable bonds is 3. The van der Waals surface area contributed by atoms with Gasteiger partial charge < -0.3 is 14.7 Å². The number of aliphatic carboxylic acids is 1. The molecule has 1 saturated carbocycles. The Morgan fingerprint density at radius 2 is 2.00 bits per heavy atom. The van der Waals surface area contributed by atoms with Crippen LogP contribution in [0.25, 0.3) is 10.9 Å². The van der Waals surface area contributed by atoms with E-state index in [4.69, 9.17) is 4.74 Å². The normalized spacial score (nSPS) is 21.0. The molecule has 1 aliphatic carbocycles. The van der Waals surface area contributed by atoms with Crippen molar-refractivity contribution >= 4 is 22.8 Å². The zero-order valence-corrected chi connectivity index (χ0v) is 15.0. The number of benzene rings is 1. The minimum atomic E-state index is -0.699. The third-order valence-electron chi connectivity index (χ3n) is 5.98. The molecule has 1 aliphatic heterocycles. The van der Waals surface area contributed by atoms with Gasteiger partial charge in [0.25, 0.3) is 5.91 Å². The van der Waals surface area contributed by atoms with Crippen LogP contribution in [0.2, 0.25) is 0 Å². The number of amides is 1. The summed E-state index contributed by atoms with van der Waals surface area (Å²) in [5, 5.41) is 10.1. The van der Waals surface area contributed by atoms with Crippen LogP contribution in [-0.4, -0.2) is 47.1 Å². The largest absolute Gasteiger partial charge is 0.497 e. The molecule has 1 amide bonds. The second kappa shape index (κ2) is 5.97. The zero-order chi connectivity index (χ0) is 18.5. The first kappa shape index (κ1) is 16.8. The van der Waals surface area contributed by atoms with Crippen LogP contribution < -0.4 is 4.74 Å². The molecule has 6 nitrogen and oxygen atoms in total. The van der Waals surface area contributed by atoms with Crippen molar-refractivity contribution in [1.29, 1.82) is 0 Å². The molecule has 2 aliphatic rings. The first-order valence-corrected chi connectivity index (χ1v) is 8.91. The van der Waals surface area contributed by atoms with Gasteiger partial charge in [0.2, 0.25) is 0 Å². The van der Waals surface area contributed by atoms with Crippen molar-refractivity contribution in [2.75, 3.05) is 20.2 Å². The lowest BCUT2D eigenvalue weighted by molar-refractivity contribution is -0.139. The van der Waals surface area contributed by atoms with Crippen LogP contribution in [0.1, 0.15) is 35.3 Å². The standard InChI is InChI=1S/C20H22N2O4/c1-12-15(9-13-3-4-14(26-2)10-17(13)21-12)18(23)22-7-5-20(6-8-22)11-16(20)19(24)25/h3-4,9-10,16H,5-8,11H2,1-2H3,(H,24,25). The van der Waals surface area contributed by atoms with Gasteiger partial charge >= 0.3 is 5.97 Å². The highest BCUT2D eigenvalue weighted by Crippen LogP contribution is 2.59. The number of aromatic nitrogens is 1. The first-order chi connectivity index (χ1) is 12.4. The van der Waals surface area contributed by atoms with Crippen LogP contribution in [0.3, 0.4) is 0 Å². The van der Waals surface area contributed by atoms with E-state index >= 15 is 0 Å². The van der Waals surface area contributed by atoms with Crippen molar-refractivity contribution in [3.05, 3.63) is 35.5 Å². The van der Waals surface area contributed by atoms with Crippen LogP contribution in [-0.2, 0) is 4.79 Å². The van der Waals surface area contributed by atoms with Crippen LogP contribution >= 0.6 is 0 Å². The lowest BCUT2D eigenvalue weighted by atomic mass is 9.90. The van der Waals surface area contributed by atoms with Crippen LogP contribution in [0, 0.1) is 18.3 Å². The summed E-state index contributed by atoms with van der Waals surface area (Å²) in [5.74, 6) is -0.203. The fourth-order valence-corrected chi connectivity index (χ4v) is 4.16. The minimum Gasteiger partial charge on any atom is -0.497 e. The van der Waals surface area contributed by atoms with E-state index in [1.165, 1.54) is 0 Å². The van der Waals surface area contributed by atoms with E-state index < -0.39 is 5.97 Å². The predicted molar refractivity (Wildman–Crippen MR) is 96.3 cm³/mol. The molecule has 4 rings (SSSR count). The van der Waals surface area contributed by atoms with Gasteiger partial charge in [0.1, 0.15) is 5.75 Å². The summed E-state index contributed by atoms with van der Waals surface area (Å²) in [6.07, 6.45) is 2.29. The number of hydrogen-bond donors (Lipinski definition) is 1. The van der Waals surface area contributed by atoms with Crippen molar-refractivity contribution in [3.63, 3.8) is 0 Å². The fourth-order valence-electron chi connectivity index (χ4n) is 4.16. The average Bonchev–Trinajstić information content (AvgIpc) is 3.34. The van der Waals surface area contributed by atoms with Crippen LogP contribution in [0.4, 0.5) is 0 Å². The molecule has 6 heteroatoms. The number of hydrogen-bond acceptors (Lipinski definition) is 4. The Balaban J connectivity index is 1.53. The molecule has 26 heavy (non-hydrogen) atoms. The number of carbonyl (C=O) groups is 2. The molecule has 2 aromatic rings. The predicted octanol–water partition coefficient (Wildman–Crippen LogP) is 2.88. The molecular weight excluding hydrogens is 332 g/mol. The maximum Gasteiger partial charge on any atom is 0.307 e. The topological polar surface area (TPSA) is 79.7 Å². The summed E-state index contributed by atoms with van der Waals surface area (Å²) in [7, 11) is 1.61. The number of carboxylic acid groups (broad SMARTS) is 1. The van der Waals surface area contributed by atoms with E-state index in [1.54, 1.807) is 7.11 Å². The van der Waals surface area contributed by atoms with Gasteiger partial charge in [-0.1, -0.05) is 0 Å². The Morgan fingerprint density at radius 3 is 2.62 bits per heavy atom. The summed E-state index contributed by atoms with van der Waals surface area (Å²) in [4.78, 5) is 30.6. The molecular formula is C20H22N2O4. The number of ether oxygens (including phenoxy) is 1. The van der Waals surface area contributed by atoms with Gasteiger partial charge in [0, 0.05) is 24.5 Å². The van der Waals surface area contributed by atoms with Gasteiger partial charge in [0.15, 0.2) is 0 Å². The fraction of sp³-hybridized carbons (Fsp3) is 0.450. The van der Waals surface area contributed by atoms with E-state index in [1.807, 2.05) is 36.1 Å². The molecule has 136 valence electrons. The molecule has 0 bridgehead atoms. The Bertz CT molecular complexity index is 900. The number of piperidine rings is 1. The zero-order valence-electron chi connectivity index (χ0n) is 15.0.